The highest BCUT2D eigenvalue weighted by Crippen LogP contribution is 2.36. The first-order valence-electron chi connectivity index (χ1n) is 13.1. The van der Waals surface area contributed by atoms with Gasteiger partial charge in [0.05, 0.1) is 12.7 Å². The first-order valence-corrected chi connectivity index (χ1v) is 14.5. The Morgan fingerprint density at radius 1 is 1.08 bits per heavy atom. The van der Waals surface area contributed by atoms with Gasteiger partial charge in [-0.1, -0.05) is 31.2 Å². The number of nitrogens with one attached hydrogen (secondary N) is 1. The maximum Gasteiger partial charge on any atom is 0.276 e. The number of para-hydroxylation sites is 1. The number of nitrogens with zero attached hydrogens (tertiary/aromatic N) is 4. The number of aryl methyl sites for hydroxylation is 4. The van der Waals surface area contributed by atoms with Crippen LogP contribution in [0.2, 0.25) is 0 Å². The first-order chi connectivity index (χ1) is 18.6. The Morgan fingerprint density at radius 3 is 2.51 bits per heavy atom. The van der Waals surface area contributed by atoms with Crippen LogP contribution >= 0.6 is 0 Å². The summed E-state index contributed by atoms with van der Waals surface area (Å²) in [7, 11) is -2.35. The Balaban J connectivity index is 1.71. The molecule has 1 N–H and O–H groups in total. The van der Waals surface area contributed by atoms with E-state index in [-0.39, 0.29) is 16.3 Å². The number of sulfonamides is 1. The van der Waals surface area contributed by atoms with Crippen molar-refractivity contribution in [2.24, 2.45) is 0 Å². The summed E-state index contributed by atoms with van der Waals surface area (Å²) in [5, 5.41) is 7.74. The molecule has 4 aromatic rings. The molecule has 9 nitrogen and oxygen atoms in total. The third kappa shape index (κ3) is 4.79. The van der Waals surface area contributed by atoms with E-state index in [4.69, 9.17) is 9.72 Å². The number of carbonyl (C=O) groups excluding carboxylic acids is 1. The quantitative estimate of drug-likeness (QED) is 0.352. The molecule has 5 rings (SSSR count). The third-order valence-electron chi connectivity index (χ3n) is 7.22. The molecule has 1 fully saturated rings. The maximum atomic E-state index is 13.8. The van der Waals surface area contributed by atoms with Crippen LogP contribution in [0.1, 0.15) is 52.8 Å². The Kier molecular flexibility index (Phi) is 7.17. The van der Waals surface area contributed by atoms with E-state index >= 15 is 0 Å². The van der Waals surface area contributed by atoms with Crippen molar-refractivity contribution in [3.63, 3.8) is 0 Å². The molecule has 0 atom stereocenters. The van der Waals surface area contributed by atoms with Crippen molar-refractivity contribution < 1.29 is 17.9 Å². The summed E-state index contributed by atoms with van der Waals surface area (Å²) in [6.45, 7) is 8.70. The average Bonchev–Trinajstić information content (AvgIpc) is 3.59. The Hall–Kier alpha value is -3.76. The Bertz CT molecular complexity index is 1690. The molecule has 204 valence electrons. The van der Waals surface area contributed by atoms with Crippen LogP contribution in [0.15, 0.2) is 47.4 Å². The van der Waals surface area contributed by atoms with E-state index in [0.717, 1.165) is 47.5 Å². The van der Waals surface area contributed by atoms with Crippen LogP contribution in [0.25, 0.3) is 16.8 Å². The standard InChI is InChI=1S/C29H33N5O4S/c1-6-21-11-9-10-18(2)26(21)31-29(35)27-25(28-30-19(3)16-20(4)34(28)32-27)22-12-13-23(38-5)24(17-22)39(36,37)33-14-7-8-15-33/h9-13,16-17H,6-8,14-15H2,1-5H3,(H,31,35). The minimum atomic E-state index is -3.80. The van der Waals surface area contributed by atoms with Gasteiger partial charge in [-0.05, 0) is 74.9 Å². The molecule has 0 radical (unpaired) electrons. The molecular formula is C29H33N5O4S. The molecule has 2 aromatic heterocycles. The summed E-state index contributed by atoms with van der Waals surface area (Å²) in [6.07, 6.45) is 2.40. The van der Waals surface area contributed by atoms with Gasteiger partial charge in [0.1, 0.15) is 10.6 Å². The second kappa shape index (κ2) is 10.4. The number of methoxy groups -OCH3 is 1. The molecule has 3 heterocycles. The molecule has 1 aliphatic heterocycles. The molecule has 1 aliphatic rings. The highest BCUT2D eigenvalue weighted by Gasteiger charge is 2.32. The molecule has 0 spiro atoms. The van der Waals surface area contributed by atoms with Crippen molar-refractivity contribution in [2.45, 2.75) is 51.9 Å². The average molecular weight is 548 g/mol. The fourth-order valence-electron chi connectivity index (χ4n) is 5.22. The number of benzene rings is 2. The first kappa shape index (κ1) is 26.8. The van der Waals surface area contributed by atoms with Gasteiger partial charge in [-0.3, -0.25) is 4.79 Å². The minimum Gasteiger partial charge on any atom is -0.495 e. The van der Waals surface area contributed by atoms with E-state index in [1.54, 1.807) is 22.7 Å². The second-order valence-electron chi connectivity index (χ2n) is 9.89. The van der Waals surface area contributed by atoms with Gasteiger partial charge < -0.3 is 10.1 Å². The lowest BCUT2D eigenvalue weighted by atomic mass is 10.0. The van der Waals surface area contributed by atoms with Crippen LogP contribution in [-0.4, -0.2) is 53.4 Å². The monoisotopic (exact) mass is 547 g/mol. The third-order valence-corrected chi connectivity index (χ3v) is 9.14. The summed E-state index contributed by atoms with van der Waals surface area (Å²) in [4.78, 5) is 18.6. The van der Waals surface area contributed by atoms with E-state index in [1.807, 2.05) is 52.0 Å². The number of hydrogen-bond acceptors (Lipinski definition) is 6. The molecule has 10 heteroatoms. The highest BCUT2D eigenvalue weighted by atomic mass is 32.2. The van der Waals surface area contributed by atoms with Crippen molar-refractivity contribution in [1.82, 2.24) is 18.9 Å². The lowest BCUT2D eigenvalue weighted by molar-refractivity contribution is 0.102. The summed E-state index contributed by atoms with van der Waals surface area (Å²) < 4.78 is 35.8. The van der Waals surface area contributed by atoms with Gasteiger partial charge in [0, 0.05) is 30.2 Å². The van der Waals surface area contributed by atoms with Gasteiger partial charge in [-0.15, -0.1) is 0 Å². The number of hydrogen-bond donors (Lipinski definition) is 1. The summed E-state index contributed by atoms with van der Waals surface area (Å²) in [5.41, 5.74) is 5.91. The van der Waals surface area contributed by atoms with Gasteiger partial charge >= 0.3 is 0 Å². The predicted octanol–water partition coefficient (Wildman–Crippen LogP) is 4.93. The van der Waals surface area contributed by atoms with E-state index in [1.165, 1.54) is 11.4 Å². The second-order valence-corrected chi connectivity index (χ2v) is 11.8. The van der Waals surface area contributed by atoms with Crippen molar-refractivity contribution in [3.05, 3.63) is 70.7 Å². The predicted molar refractivity (Wildman–Crippen MR) is 151 cm³/mol. The zero-order valence-electron chi connectivity index (χ0n) is 22.9. The summed E-state index contributed by atoms with van der Waals surface area (Å²) in [6, 6.07) is 12.7. The van der Waals surface area contributed by atoms with Crippen molar-refractivity contribution >= 4 is 27.3 Å². The Morgan fingerprint density at radius 2 is 1.82 bits per heavy atom. The van der Waals surface area contributed by atoms with Crippen LogP contribution in [0.4, 0.5) is 5.69 Å². The van der Waals surface area contributed by atoms with Crippen LogP contribution < -0.4 is 10.1 Å². The SMILES string of the molecule is CCc1cccc(C)c1NC(=O)c1nn2c(C)cc(C)nc2c1-c1ccc(OC)c(S(=O)(=O)N2CCCC2)c1. The molecule has 0 unspecified atom stereocenters. The molecule has 2 aromatic carbocycles. The number of ether oxygens (including phenoxy) is 1. The van der Waals surface area contributed by atoms with Gasteiger partial charge in [0.2, 0.25) is 10.0 Å². The highest BCUT2D eigenvalue weighted by molar-refractivity contribution is 7.89. The summed E-state index contributed by atoms with van der Waals surface area (Å²) in [5.74, 6) is -0.141. The molecule has 1 saturated heterocycles. The molecule has 39 heavy (non-hydrogen) atoms. The van der Waals surface area contributed by atoms with Crippen LogP contribution in [-0.2, 0) is 16.4 Å². The largest absolute Gasteiger partial charge is 0.495 e. The number of aromatic nitrogens is 3. The number of fused-ring (bicyclic) bond motifs is 1. The van der Waals surface area contributed by atoms with Crippen LogP contribution in [0.3, 0.4) is 0 Å². The van der Waals surface area contributed by atoms with Crippen molar-refractivity contribution in [1.29, 1.82) is 0 Å². The molecule has 0 saturated carbocycles. The van der Waals surface area contributed by atoms with Crippen molar-refractivity contribution in [2.75, 3.05) is 25.5 Å². The fourth-order valence-corrected chi connectivity index (χ4v) is 6.92. The number of anilines is 1. The number of amides is 1. The lowest BCUT2D eigenvalue weighted by Crippen LogP contribution is -2.28. The van der Waals surface area contributed by atoms with E-state index in [9.17, 15) is 13.2 Å². The lowest BCUT2D eigenvalue weighted by Gasteiger charge is -2.18. The smallest absolute Gasteiger partial charge is 0.276 e. The van der Waals surface area contributed by atoms with Crippen LogP contribution in [0.5, 0.6) is 5.75 Å². The molecule has 1 amide bonds. The summed E-state index contributed by atoms with van der Waals surface area (Å²) >= 11 is 0. The van der Waals surface area contributed by atoms with Gasteiger partial charge in [0.15, 0.2) is 11.3 Å². The minimum absolute atomic E-state index is 0.0617. The zero-order chi connectivity index (χ0) is 27.9. The van der Waals surface area contributed by atoms with Gasteiger partial charge in [-0.25, -0.2) is 17.9 Å². The van der Waals surface area contributed by atoms with E-state index < -0.39 is 15.9 Å². The molecule has 0 bridgehead atoms. The molecular weight excluding hydrogens is 514 g/mol. The van der Waals surface area contributed by atoms with Crippen molar-refractivity contribution in [3.8, 4) is 16.9 Å². The van der Waals surface area contributed by atoms with Crippen LogP contribution in [0, 0.1) is 20.8 Å². The fraction of sp³-hybridized carbons (Fsp3) is 0.345. The van der Waals surface area contributed by atoms with E-state index in [0.29, 0.717) is 29.9 Å². The number of rotatable bonds is 7. The zero-order valence-corrected chi connectivity index (χ0v) is 23.7. The Labute approximate surface area is 228 Å². The van der Waals surface area contributed by atoms with E-state index in [2.05, 4.69) is 10.4 Å². The molecule has 0 aliphatic carbocycles. The topological polar surface area (TPSA) is 106 Å². The van der Waals surface area contributed by atoms with Gasteiger partial charge in [0.25, 0.3) is 5.91 Å². The maximum absolute atomic E-state index is 13.8. The normalized spacial score (nSPS) is 14.2. The number of carbonyl (C=O) groups is 1. The van der Waals surface area contributed by atoms with Gasteiger partial charge in [-0.2, -0.15) is 9.40 Å².